The highest BCUT2D eigenvalue weighted by molar-refractivity contribution is 6.35. The smallest absolute Gasteiger partial charge is 0.271 e. The van der Waals surface area contributed by atoms with Gasteiger partial charge in [-0.25, -0.2) is 5.43 Å². The molecular weight excluding hydrogens is 399 g/mol. The average molecular weight is 417 g/mol. The molecule has 8 heteroatoms. The number of amides is 1. The number of hydrogen-bond donors (Lipinski definition) is 1. The van der Waals surface area contributed by atoms with Gasteiger partial charge in [0.25, 0.3) is 5.91 Å². The maximum absolute atomic E-state index is 12.3. The van der Waals surface area contributed by atoms with Crippen LogP contribution in [0.2, 0.25) is 10.0 Å². The molecule has 3 rings (SSSR count). The molecule has 144 valence electrons. The van der Waals surface area contributed by atoms with Crippen LogP contribution in [0.15, 0.2) is 53.8 Å². The van der Waals surface area contributed by atoms with Crippen molar-refractivity contribution in [1.29, 1.82) is 0 Å². The summed E-state index contributed by atoms with van der Waals surface area (Å²) in [4.78, 5) is 12.3. The number of carbonyl (C=O) groups excluding carboxylic acids is 1. The second-order valence-electron chi connectivity index (χ2n) is 6.11. The van der Waals surface area contributed by atoms with Crippen molar-refractivity contribution in [2.45, 2.75) is 13.5 Å². The SMILES string of the molecule is Cc1nn(C)cc1/C=N\NC(=O)c1cccc(COc2ccc(Cl)cc2Cl)c1. The first kappa shape index (κ1) is 19.9. The molecule has 0 saturated heterocycles. The van der Waals surface area contributed by atoms with Crippen molar-refractivity contribution in [3.8, 4) is 5.75 Å². The third-order valence-corrected chi connectivity index (χ3v) is 4.43. The lowest BCUT2D eigenvalue weighted by molar-refractivity contribution is 0.0955. The predicted octanol–water partition coefficient (Wildman–Crippen LogP) is 4.38. The first-order valence-electron chi connectivity index (χ1n) is 8.43. The highest BCUT2D eigenvalue weighted by Gasteiger charge is 2.07. The Balaban J connectivity index is 1.62. The number of nitrogens with one attached hydrogen (secondary N) is 1. The standard InChI is InChI=1S/C20H18Cl2N4O2/c1-13-16(11-26(2)25-13)10-23-24-20(27)15-5-3-4-14(8-15)12-28-19-7-6-17(21)9-18(19)22/h3-11H,12H2,1-2H3,(H,24,27)/b23-10-. The van der Waals surface area contributed by atoms with Gasteiger partial charge in [-0.3, -0.25) is 9.48 Å². The number of benzene rings is 2. The van der Waals surface area contributed by atoms with Crippen LogP contribution in [0.25, 0.3) is 0 Å². The molecule has 0 radical (unpaired) electrons. The van der Waals surface area contributed by atoms with Crippen LogP contribution in [0, 0.1) is 6.92 Å². The molecular formula is C20H18Cl2N4O2. The van der Waals surface area contributed by atoms with E-state index in [0.717, 1.165) is 16.8 Å². The lowest BCUT2D eigenvalue weighted by Gasteiger charge is -2.09. The van der Waals surface area contributed by atoms with Gasteiger partial charge in [0, 0.05) is 29.4 Å². The van der Waals surface area contributed by atoms with Crippen LogP contribution < -0.4 is 10.2 Å². The highest BCUT2D eigenvalue weighted by atomic mass is 35.5. The summed E-state index contributed by atoms with van der Waals surface area (Å²) in [5, 5.41) is 9.18. The van der Waals surface area contributed by atoms with Crippen molar-refractivity contribution in [3.63, 3.8) is 0 Å². The topological polar surface area (TPSA) is 68.5 Å². The zero-order valence-corrected chi connectivity index (χ0v) is 16.8. The molecule has 1 N–H and O–H groups in total. The van der Waals surface area contributed by atoms with Crippen molar-refractivity contribution in [3.05, 3.63) is 81.1 Å². The first-order chi connectivity index (χ1) is 13.4. The first-order valence-corrected chi connectivity index (χ1v) is 9.18. The molecule has 2 aromatic carbocycles. The van der Waals surface area contributed by atoms with Crippen molar-refractivity contribution >= 4 is 35.3 Å². The predicted molar refractivity (Wildman–Crippen MR) is 110 cm³/mol. The molecule has 0 aliphatic carbocycles. The molecule has 0 atom stereocenters. The molecule has 6 nitrogen and oxygen atoms in total. The molecule has 0 fully saturated rings. The summed E-state index contributed by atoms with van der Waals surface area (Å²) >= 11 is 12.0. The van der Waals surface area contributed by atoms with Crippen LogP contribution in [0.4, 0.5) is 0 Å². The van der Waals surface area contributed by atoms with E-state index in [4.69, 9.17) is 27.9 Å². The van der Waals surface area contributed by atoms with E-state index in [1.54, 1.807) is 47.3 Å². The summed E-state index contributed by atoms with van der Waals surface area (Å²) in [7, 11) is 1.83. The number of halogens is 2. The Morgan fingerprint density at radius 2 is 2.11 bits per heavy atom. The van der Waals surface area contributed by atoms with Gasteiger partial charge in [0.1, 0.15) is 12.4 Å². The Kier molecular flexibility index (Phi) is 6.34. The summed E-state index contributed by atoms with van der Waals surface area (Å²) in [6.07, 6.45) is 3.39. The molecule has 3 aromatic rings. The van der Waals surface area contributed by atoms with Gasteiger partial charge < -0.3 is 4.74 Å². The molecule has 1 amide bonds. The maximum atomic E-state index is 12.3. The fraction of sp³-hybridized carbons (Fsp3) is 0.150. The second-order valence-corrected chi connectivity index (χ2v) is 6.95. The van der Waals surface area contributed by atoms with E-state index in [9.17, 15) is 4.79 Å². The van der Waals surface area contributed by atoms with E-state index in [2.05, 4.69) is 15.6 Å². The Hall–Kier alpha value is -2.83. The van der Waals surface area contributed by atoms with E-state index in [1.165, 1.54) is 0 Å². The van der Waals surface area contributed by atoms with Gasteiger partial charge in [-0.2, -0.15) is 10.2 Å². The number of ether oxygens (including phenoxy) is 1. The van der Waals surface area contributed by atoms with Crippen LogP contribution in [0.5, 0.6) is 5.75 Å². The van der Waals surface area contributed by atoms with Crippen molar-refractivity contribution in [2.24, 2.45) is 12.1 Å². The number of aryl methyl sites for hydroxylation is 2. The number of aromatic nitrogens is 2. The molecule has 0 aliphatic rings. The van der Waals surface area contributed by atoms with E-state index < -0.39 is 0 Å². The quantitative estimate of drug-likeness (QED) is 0.478. The van der Waals surface area contributed by atoms with E-state index in [-0.39, 0.29) is 12.5 Å². The van der Waals surface area contributed by atoms with Crippen LogP contribution in [-0.4, -0.2) is 21.9 Å². The minimum absolute atomic E-state index is 0.265. The normalized spacial score (nSPS) is 11.0. The molecule has 0 bridgehead atoms. The molecule has 28 heavy (non-hydrogen) atoms. The van der Waals surface area contributed by atoms with Gasteiger partial charge in [-0.05, 0) is 42.8 Å². The van der Waals surface area contributed by atoms with Gasteiger partial charge in [0.15, 0.2) is 0 Å². The fourth-order valence-corrected chi connectivity index (χ4v) is 2.99. The Morgan fingerprint density at radius 1 is 1.29 bits per heavy atom. The summed E-state index contributed by atoms with van der Waals surface area (Å²) in [6.45, 7) is 2.14. The Bertz CT molecular complexity index is 1030. The Labute approximate surface area is 172 Å². The van der Waals surface area contributed by atoms with Gasteiger partial charge in [-0.15, -0.1) is 0 Å². The third kappa shape index (κ3) is 5.12. The largest absolute Gasteiger partial charge is 0.487 e. The van der Waals surface area contributed by atoms with Gasteiger partial charge in [0.05, 0.1) is 16.9 Å². The highest BCUT2D eigenvalue weighted by Crippen LogP contribution is 2.28. The second kappa shape index (κ2) is 8.91. The van der Waals surface area contributed by atoms with Crippen molar-refractivity contribution in [1.82, 2.24) is 15.2 Å². The Morgan fingerprint density at radius 3 is 2.82 bits per heavy atom. The summed E-state index contributed by atoms with van der Waals surface area (Å²) in [5.41, 5.74) is 5.49. The number of hydrogen-bond acceptors (Lipinski definition) is 4. The van der Waals surface area contributed by atoms with Crippen LogP contribution in [0.3, 0.4) is 0 Å². The maximum Gasteiger partial charge on any atom is 0.271 e. The van der Waals surface area contributed by atoms with Gasteiger partial charge in [-0.1, -0.05) is 35.3 Å². The monoisotopic (exact) mass is 416 g/mol. The summed E-state index contributed by atoms with van der Waals surface area (Å²) in [6, 6.07) is 12.1. The fourth-order valence-electron chi connectivity index (χ4n) is 2.53. The van der Waals surface area contributed by atoms with Crippen molar-refractivity contribution < 1.29 is 9.53 Å². The summed E-state index contributed by atoms with van der Waals surface area (Å²) < 4.78 is 7.40. The molecule has 1 aromatic heterocycles. The number of rotatable bonds is 6. The van der Waals surface area contributed by atoms with Gasteiger partial charge >= 0.3 is 0 Å². The van der Waals surface area contributed by atoms with E-state index >= 15 is 0 Å². The minimum Gasteiger partial charge on any atom is -0.487 e. The van der Waals surface area contributed by atoms with Crippen LogP contribution >= 0.6 is 23.2 Å². The van der Waals surface area contributed by atoms with Gasteiger partial charge in [0.2, 0.25) is 0 Å². The molecule has 0 aliphatic heterocycles. The average Bonchev–Trinajstić information content (AvgIpc) is 2.98. The number of carbonyl (C=O) groups is 1. The lowest BCUT2D eigenvalue weighted by Crippen LogP contribution is -2.17. The number of nitrogens with zero attached hydrogens (tertiary/aromatic N) is 3. The zero-order chi connectivity index (χ0) is 20.1. The molecule has 0 unspecified atom stereocenters. The molecule has 0 saturated carbocycles. The van der Waals surface area contributed by atoms with Crippen LogP contribution in [0.1, 0.15) is 27.2 Å². The number of hydrazone groups is 1. The molecule has 0 spiro atoms. The molecule has 1 heterocycles. The van der Waals surface area contributed by atoms with Crippen molar-refractivity contribution in [2.75, 3.05) is 0 Å². The van der Waals surface area contributed by atoms with E-state index in [0.29, 0.717) is 21.4 Å². The summed E-state index contributed by atoms with van der Waals surface area (Å²) in [5.74, 6) is 0.210. The zero-order valence-electron chi connectivity index (χ0n) is 15.3. The third-order valence-electron chi connectivity index (χ3n) is 3.90. The van der Waals surface area contributed by atoms with E-state index in [1.807, 2.05) is 26.2 Å². The lowest BCUT2D eigenvalue weighted by atomic mass is 10.1. The minimum atomic E-state index is -0.316. The van der Waals surface area contributed by atoms with Crippen LogP contribution in [-0.2, 0) is 13.7 Å².